The molecule has 1 saturated heterocycles. The van der Waals surface area contributed by atoms with Crippen molar-refractivity contribution in [2.75, 3.05) is 50.5 Å². The Balaban J connectivity index is 1.42. The fourth-order valence-corrected chi connectivity index (χ4v) is 3.47. The number of anilines is 2. The zero-order chi connectivity index (χ0) is 20.1. The van der Waals surface area contributed by atoms with Gasteiger partial charge >= 0.3 is 0 Å². The maximum atomic E-state index is 6.06. The maximum Gasteiger partial charge on any atom is 0.224 e. The van der Waals surface area contributed by atoms with Crippen LogP contribution in [0.1, 0.15) is 18.5 Å². The van der Waals surface area contributed by atoms with Crippen LogP contribution >= 0.6 is 23.2 Å². The smallest absolute Gasteiger partial charge is 0.224 e. The van der Waals surface area contributed by atoms with Crippen molar-refractivity contribution in [2.24, 2.45) is 0 Å². The SMILES string of the molecule is Cc1cc(N(C)C)nc(NCCN2CCC(Oc3ccc(Cl)c(Cl)c3)CC2)n1. The number of benzene rings is 1. The van der Waals surface area contributed by atoms with Gasteiger partial charge in [-0.05, 0) is 31.9 Å². The monoisotopic (exact) mass is 423 g/mol. The minimum atomic E-state index is 0.212. The number of piperidine rings is 1. The van der Waals surface area contributed by atoms with Crippen LogP contribution in [-0.2, 0) is 0 Å². The molecule has 1 aliphatic heterocycles. The fourth-order valence-electron chi connectivity index (χ4n) is 3.18. The summed E-state index contributed by atoms with van der Waals surface area (Å²) in [5.74, 6) is 2.37. The third-order valence-corrected chi connectivity index (χ3v) is 5.48. The van der Waals surface area contributed by atoms with Gasteiger partial charge in [-0.25, -0.2) is 4.98 Å². The molecule has 8 heteroatoms. The Kier molecular flexibility index (Phi) is 7.21. The Morgan fingerprint density at radius 2 is 1.89 bits per heavy atom. The summed E-state index contributed by atoms with van der Waals surface area (Å²) in [4.78, 5) is 13.4. The molecule has 2 aromatic rings. The molecule has 1 fully saturated rings. The Bertz CT molecular complexity index is 794. The van der Waals surface area contributed by atoms with Gasteiger partial charge in [-0.3, -0.25) is 0 Å². The molecule has 0 spiro atoms. The van der Waals surface area contributed by atoms with Crippen molar-refractivity contribution < 1.29 is 4.74 Å². The van der Waals surface area contributed by atoms with E-state index in [1.807, 2.05) is 38.1 Å². The van der Waals surface area contributed by atoms with Gasteiger partial charge in [0.25, 0.3) is 0 Å². The number of aryl methyl sites for hydroxylation is 1. The Hall–Kier alpha value is -1.76. The average molecular weight is 424 g/mol. The van der Waals surface area contributed by atoms with E-state index in [2.05, 4.69) is 20.2 Å². The van der Waals surface area contributed by atoms with Crippen molar-refractivity contribution in [1.29, 1.82) is 0 Å². The summed E-state index contributed by atoms with van der Waals surface area (Å²) in [7, 11) is 3.96. The minimum Gasteiger partial charge on any atom is -0.490 e. The molecular formula is C20H27Cl2N5O. The summed E-state index contributed by atoms with van der Waals surface area (Å²) < 4.78 is 6.05. The molecule has 0 aliphatic carbocycles. The molecule has 3 rings (SSSR count). The van der Waals surface area contributed by atoms with E-state index in [-0.39, 0.29) is 6.10 Å². The van der Waals surface area contributed by atoms with Crippen LogP contribution in [0.5, 0.6) is 5.75 Å². The normalized spacial score (nSPS) is 15.5. The number of hydrogen-bond acceptors (Lipinski definition) is 6. The number of aromatic nitrogens is 2. The summed E-state index contributed by atoms with van der Waals surface area (Å²) >= 11 is 12.0. The quantitative estimate of drug-likeness (QED) is 0.722. The van der Waals surface area contributed by atoms with Gasteiger partial charge < -0.3 is 19.9 Å². The number of halogens is 2. The zero-order valence-electron chi connectivity index (χ0n) is 16.6. The van der Waals surface area contributed by atoms with Crippen LogP contribution in [0.15, 0.2) is 24.3 Å². The largest absolute Gasteiger partial charge is 0.490 e. The predicted molar refractivity (Wildman–Crippen MR) is 116 cm³/mol. The lowest BCUT2D eigenvalue weighted by Crippen LogP contribution is -2.40. The number of nitrogens with zero attached hydrogens (tertiary/aromatic N) is 4. The summed E-state index contributed by atoms with van der Waals surface area (Å²) in [5, 5.41) is 4.42. The van der Waals surface area contributed by atoms with Gasteiger partial charge in [0.1, 0.15) is 17.7 Å². The second-order valence-electron chi connectivity index (χ2n) is 7.25. The fraction of sp³-hybridized carbons (Fsp3) is 0.500. The van der Waals surface area contributed by atoms with Crippen LogP contribution in [-0.4, -0.2) is 61.2 Å². The lowest BCUT2D eigenvalue weighted by molar-refractivity contribution is 0.103. The first kappa shape index (κ1) is 21.0. The molecule has 0 amide bonds. The van der Waals surface area contributed by atoms with Crippen molar-refractivity contribution in [3.05, 3.63) is 40.0 Å². The summed E-state index contributed by atoms with van der Waals surface area (Å²) in [6.45, 7) is 5.76. The van der Waals surface area contributed by atoms with Crippen molar-refractivity contribution in [3.63, 3.8) is 0 Å². The first-order valence-corrected chi connectivity index (χ1v) is 10.3. The van der Waals surface area contributed by atoms with Crippen molar-refractivity contribution in [2.45, 2.75) is 25.9 Å². The van der Waals surface area contributed by atoms with E-state index in [0.717, 1.165) is 56.3 Å². The van der Waals surface area contributed by atoms with Crippen molar-refractivity contribution in [3.8, 4) is 5.75 Å². The molecule has 0 radical (unpaired) electrons. The lowest BCUT2D eigenvalue weighted by atomic mass is 10.1. The van der Waals surface area contributed by atoms with Crippen LogP contribution in [0.4, 0.5) is 11.8 Å². The number of rotatable bonds is 7. The summed E-state index contributed by atoms with van der Waals surface area (Å²) in [5.41, 5.74) is 0.960. The van der Waals surface area contributed by atoms with Gasteiger partial charge in [0, 0.05) is 58.1 Å². The van der Waals surface area contributed by atoms with E-state index < -0.39 is 0 Å². The standard InChI is InChI=1S/C20H27Cl2N5O/c1-14-12-19(26(2)3)25-20(24-14)23-8-11-27-9-6-15(7-10-27)28-16-4-5-17(21)18(22)13-16/h4-5,12-13,15H,6-11H2,1-3H3,(H,23,24,25). The molecule has 0 unspecified atom stereocenters. The van der Waals surface area contributed by atoms with E-state index in [4.69, 9.17) is 27.9 Å². The third-order valence-electron chi connectivity index (χ3n) is 4.74. The Labute approximate surface area is 176 Å². The van der Waals surface area contributed by atoms with Crippen LogP contribution in [0.3, 0.4) is 0 Å². The molecule has 0 bridgehead atoms. The topological polar surface area (TPSA) is 53.5 Å². The van der Waals surface area contributed by atoms with Gasteiger partial charge in [0.2, 0.25) is 5.95 Å². The average Bonchev–Trinajstić information content (AvgIpc) is 2.66. The van der Waals surface area contributed by atoms with Crippen molar-refractivity contribution >= 4 is 35.0 Å². The van der Waals surface area contributed by atoms with Crippen LogP contribution in [0.2, 0.25) is 10.0 Å². The first-order chi connectivity index (χ1) is 13.4. The Morgan fingerprint density at radius 1 is 1.14 bits per heavy atom. The highest BCUT2D eigenvalue weighted by atomic mass is 35.5. The predicted octanol–water partition coefficient (Wildman–Crippen LogP) is 4.11. The first-order valence-electron chi connectivity index (χ1n) is 9.51. The second-order valence-corrected chi connectivity index (χ2v) is 8.06. The minimum absolute atomic E-state index is 0.212. The Morgan fingerprint density at radius 3 is 2.57 bits per heavy atom. The van der Waals surface area contributed by atoms with Crippen LogP contribution in [0.25, 0.3) is 0 Å². The van der Waals surface area contributed by atoms with Gasteiger partial charge in [-0.15, -0.1) is 0 Å². The molecule has 1 aromatic heterocycles. The van der Waals surface area contributed by atoms with Gasteiger partial charge in [-0.2, -0.15) is 4.98 Å². The summed E-state index contributed by atoms with van der Waals surface area (Å²) in [6, 6.07) is 7.40. The molecular weight excluding hydrogens is 397 g/mol. The number of likely N-dealkylation sites (tertiary alicyclic amines) is 1. The van der Waals surface area contributed by atoms with E-state index in [1.165, 1.54) is 0 Å². The van der Waals surface area contributed by atoms with E-state index in [9.17, 15) is 0 Å². The van der Waals surface area contributed by atoms with Crippen LogP contribution < -0.4 is 15.0 Å². The third kappa shape index (κ3) is 5.87. The molecule has 6 nitrogen and oxygen atoms in total. The highest BCUT2D eigenvalue weighted by Gasteiger charge is 2.20. The van der Waals surface area contributed by atoms with Gasteiger partial charge in [-0.1, -0.05) is 23.2 Å². The van der Waals surface area contributed by atoms with Gasteiger partial charge in [0.15, 0.2) is 0 Å². The molecule has 1 N–H and O–H groups in total. The molecule has 0 saturated carbocycles. The zero-order valence-corrected chi connectivity index (χ0v) is 18.1. The highest BCUT2D eigenvalue weighted by Crippen LogP contribution is 2.28. The molecule has 2 heterocycles. The number of nitrogens with one attached hydrogen (secondary N) is 1. The maximum absolute atomic E-state index is 6.06. The second kappa shape index (κ2) is 9.63. The van der Waals surface area contributed by atoms with E-state index in [1.54, 1.807) is 12.1 Å². The van der Waals surface area contributed by atoms with E-state index >= 15 is 0 Å². The van der Waals surface area contributed by atoms with E-state index in [0.29, 0.717) is 16.0 Å². The highest BCUT2D eigenvalue weighted by molar-refractivity contribution is 6.42. The molecule has 0 atom stereocenters. The molecule has 1 aliphatic rings. The number of hydrogen-bond donors (Lipinski definition) is 1. The van der Waals surface area contributed by atoms with Crippen LogP contribution in [0, 0.1) is 6.92 Å². The molecule has 1 aromatic carbocycles. The van der Waals surface area contributed by atoms with Gasteiger partial charge in [0.05, 0.1) is 10.0 Å². The molecule has 28 heavy (non-hydrogen) atoms. The number of ether oxygens (including phenoxy) is 1. The summed E-state index contributed by atoms with van der Waals surface area (Å²) in [6.07, 6.45) is 2.20. The molecule has 152 valence electrons. The lowest BCUT2D eigenvalue weighted by Gasteiger charge is -2.32. The van der Waals surface area contributed by atoms with Crippen molar-refractivity contribution in [1.82, 2.24) is 14.9 Å².